The van der Waals surface area contributed by atoms with E-state index in [0.717, 1.165) is 0 Å². The number of amides is 1. The minimum atomic E-state index is -0.879. The number of hydrogen-bond acceptors (Lipinski definition) is 6. The second-order valence-corrected chi connectivity index (χ2v) is 5.40. The van der Waals surface area contributed by atoms with Gasteiger partial charge in [-0.2, -0.15) is 5.10 Å². The van der Waals surface area contributed by atoms with Crippen molar-refractivity contribution in [2.75, 3.05) is 45.1 Å². The average molecular weight is 325 g/mol. The highest BCUT2D eigenvalue weighted by Crippen LogP contribution is 2.17. The van der Waals surface area contributed by atoms with Crippen LogP contribution in [0.1, 0.15) is 23.0 Å². The number of carbonyl (C=O) groups excluding carboxylic acids is 1. The van der Waals surface area contributed by atoms with Gasteiger partial charge in [-0.1, -0.05) is 0 Å². The van der Waals surface area contributed by atoms with Crippen LogP contribution in [0, 0.1) is 6.92 Å². The quantitative estimate of drug-likeness (QED) is 0.746. The second-order valence-electron chi connectivity index (χ2n) is 5.40. The fraction of sp³-hybridized carbons (Fsp3) is 0.643. The summed E-state index contributed by atoms with van der Waals surface area (Å²) in [4.78, 5) is 26.3. The molecule has 0 aliphatic carbocycles. The molecule has 0 unspecified atom stereocenters. The van der Waals surface area contributed by atoms with E-state index in [9.17, 15) is 9.59 Å². The van der Waals surface area contributed by atoms with Crippen LogP contribution in [0.4, 0.5) is 10.6 Å². The number of nitrogen functional groups attached to an aromatic ring is 1. The Balaban J connectivity index is 1.93. The van der Waals surface area contributed by atoms with E-state index in [2.05, 4.69) is 10.00 Å². The lowest BCUT2D eigenvalue weighted by Crippen LogP contribution is -2.48. The van der Waals surface area contributed by atoms with Crippen molar-refractivity contribution in [2.24, 2.45) is 0 Å². The number of rotatable bonds is 5. The van der Waals surface area contributed by atoms with E-state index in [4.69, 9.17) is 15.6 Å². The third-order valence-electron chi connectivity index (χ3n) is 3.92. The van der Waals surface area contributed by atoms with Gasteiger partial charge in [-0.15, -0.1) is 0 Å². The molecule has 3 N–H and O–H groups in total. The van der Waals surface area contributed by atoms with E-state index >= 15 is 0 Å². The molecule has 9 nitrogen and oxygen atoms in total. The Morgan fingerprint density at radius 1 is 1.26 bits per heavy atom. The number of hydrogen-bond donors (Lipinski definition) is 2. The number of piperazine rings is 1. The highest BCUT2D eigenvalue weighted by molar-refractivity contribution is 5.95. The van der Waals surface area contributed by atoms with Gasteiger partial charge in [-0.3, -0.25) is 4.90 Å². The summed E-state index contributed by atoms with van der Waals surface area (Å²) in [5.74, 6) is -0.144. The second kappa shape index (κ2) is 7.32. The standard InChI is InChI=1S/C14H23N5O4/c1-3-23-13(20)11-10(2)16-19(12(11)15)9-6-17-4-7-18(8-5-17)14(21)22/h3-9,15H2,1-2H3,(H,21,22). The van der Waals surface area contributed by atoms with E-state index in [-0.39, 0.29) is 6.61 Å². The first-order valence-corrected chi connectivity index (χ1v) is 7.64. The van der Waals surface area contributed by atoms with Gasteiger partial charge < -0.3 is 20.5 Å². The van der Waals surface area contributed by atoms with Crippen molar-refractivity contribution < 1.29 is 19.4 Å². The Kier molecular flexibility index (Phi) is 5.43. The average Bonchev–Trinajstić information content (AvgIpc) is 2.80. The Bertz CT molecular complexity index is 578. The summed E-state index contributed by atoms with van der Waals surface area (Å²) in [6.07, 6.45) is -0.879. The van der Waals surface area contributed by atoms with E-state index < -0.39 is 12.1 Å². The summed E-state index contributed by atoms with van der Waals surface area (Å²) in [6.45, 7) is 7.34. The molecule has 1 fully saturated rings. The van der Waals surface area contributed by atoms with E-state index in [1.165, 1.54) is 4.90 Å². The van der Waals surface area contributed by atoms with Gasteiger partial charge in [0.1, 0.15) is 11.4 Å². The first kappa shape index (κ1) is 17.1. The lowest BCUT2D eigenvalue weighted by molar-refractivity contribution is 0.0526. The molecule has 0 radical (unpaired) electrons. The maximum Gasteiger partial charge on any atom is 0.407 e. The number of carbonyl (C=O) groups is 2. The smallest absolute Gasteiger partial charge is 0.407 e. The molecule has 2 rings (SSSR count). The zero-order valence-corrected chi connectivity index (χ0v) is 13.5. The van der Waals surface area contributed by atoms with Crippen molar-refractivity contribution in [1.29, 1.82) is 0 Å². The lowest BCUT2D eigenvalue weighted by atomic mass is 10.2. The minimum absolute atomic E-state index is 0.288. The number of anilines is 1. The number of nitrogens with zero attached hydrogens (tertiary/aromatic N) is 4. The molecule has 1 aromatic rings. The van der Waals surface area contributed by atoms with Crippen LogP contribution in [-0.4, -0.2) is 76.1 Å². The Hall–Kier alpha value is -2.29. The van der Waals surface area contributed by atoms with Gasteiger partial charge in [-0.05, 0) is 13.8 Å². The number of aryl methyl sites for hydroxylation is 1. The van der Waals surface area contributed by atoms with E-state index in [1.807, 2.05) is 0 Å². The van der Waals surface area contributed by atoms with Gasteiger partial charge in [0.25, 0.3) is 0 Å². The van der Waals surface area contributed by atoms with Crippen molar-refractivity contribution in [2.45, 2.75) is 20.4 Å². The summed E-state index contributed by atoms with van der Waals surface area (Å²) in [7, 11) is 0. The van der Waals surface area contributed by atoms with Crippen molar-refractivity contribution >= 4 is 17.9 Å². The highest BCUT2D eigenvalue weighted by atomic mass is 16.5. The number of ether oxygens (including phenoxy) is 1. The monoisotopic (exact) mass is 325 g/mol. The minimum Gasteiger partial charge on any atom is -0.465 e. The van der Waals surface area contributed by atoms with E-state index in [0.29, 0.717) is 56.3 Å². The molecule has 1 saturated heterocycles. The zero-order valence-electron chi connectivity index (χ0n) is 13.5. The summed E-state index contributed by atoms with van der Waals surface area (Å²) in [6, 6.07) is 0. The SMILES string of the molecule is CCOC(=O)c1c(C)nn(CCN2CCN(C(=O)O)CC2)c1N. The molecular formula is C14H23N5O4. The molecule has 9 heteroatoms. The van der Waals surface area contributed by atoms with Crippen molar-refractivity contribution in [1.82, 2.24) is 19.6 Å². The molecule has 0 spiro atoms. The van der Waals surface area contributed by atoms with Gasteiger partial charge in [0.05, 0.1) is 18.8 Å². The molecule has 2 heterocycles. The van der Waals surface area contributed by atoms with Crippen molar-refractivity contribution in [3.05, 3.63) is 11.3 Å². The summed E-state index contributed by atoms with van der Waals surface area (Å²) in [5, 5.41) is 13.2. The number of nitrogens with two attached hydrogens (primary N) is 1. The topological polar surface area (TPSA) is 114 Å². The Morgan fingerprint density at radius 2 is 1.91 bits per heavy atom. The van der Waals surface area contributed by atoms with Gasteiger partial charge in [0, 0.05) is 32.7 Å². The zero-order chi connectivity index (χ0) is 17.0. The third kappa shape index (κ3) is 3.92. The number of carboxylic acid groups (broad SMARTS) is 1. The maximum atomic E-state index is 11.9. The van der Waals surface area contributed by atoms with Crippen LogP contribution in [0.25, 0.3) is 0 Å². The molecule has 1 aromatic heterocycles. The maximum absolute atomic E-state index is 11.9. The molecule has 0 aromatic carbocycles. The van der Waals surface area contributed by atoms with Crippen LogP contribution in [0.2, 0.25) is 0 Å². The summed E-state index contributed by atoms with van der Waals surface area (Å²) < 4.78 is 6.59. The predicted molar refractivity (Wildman–Crippen MR) is 83.4 cm³/mol. The third-order valence-corrected chi connectivity index (χ3v) is 3.92. The van der Waals surface area contributed by atoms with Gasteiger partial charge in [0.2, 0.25) is 0 Å². The van der Waals surface area contributed by atoms with Crippen molar-refractivity contribution in [3.8, 4) is 0 Å². The Morgan fingerprint density at radius 3 is 2.48 bits per heavy atom. The summed E-state index contributed by atoms with van der Waals surface area (Å²) >= 11 is 0. The number of aromatic nitrogens is 2. The highest BCUT2D eigenvalue weighted by Gasteiger charge is 2.23. The molecular weight excluding hydrogens is 302 g/mol. The van der Waals surface area contributed by atoms with Crippen LogP contribution in [0.3, 0.4) is 0 Å². The molecule has 1 aliphatic heterocycles. The predicted octanol–water partition coefficient (Wildman–Crippen LogP) is 0.246. The van der Waals surface area contributed by atoms with Crippen LogP contribution in [-0.2, 0) is 11.3 Å². The first-order valence-electron chi connectivity index (χ1n) is 7.64. The molecule has 128 valence electrons. The molecule has 1 amide bonds. The Labute approximate surface area is 134 Å². The number of esters is 1. The molecule has 0 saturated carbocycles. The van der Waals surface area contributed by atoms with Crippen LogP contribution in [0.5, 0.6) is 0 Å². The normalized spacial score (nSPS) is 15.7. The van der Waals surface area contributed by atoms with E-state index in [1.54, 1.807) is 18.5 Å². The van der Waals surface area contributed by atoms with Crippen LogP contribution < -0.4 is 5.73 Å². The summed E-state index contributed by atoms with van der Waals surface area (Å²) in [5.41, 5.74) is 6.88. The van der Waals surface area contributed by atoms with Crippen molar-refractivity contribution in [3.63, 3.8) is 0 Å². The molecule has 0 atom stereocenters. The molecule has 0 bridgehead atoms. The molecule has 23 heavy (non-hydrogen) atoms. The van der Waals surface area contributed by atoms with Gasteiger partial charge >= 0.3 is 12.1 Å². The fourth-order valence-electron chi connectivity index (χ4n) is 2.62. The van der Waals surface area contributed by atoms with Gasteiger partial charge in [0.15, 0.2) is 0 Å². The lowest BCUT2D eigenvalue weighted by Gasteiger charge is -2.32. The first-order chi connectivity index (χ1) is 10.9. The molecule has 1 aliphatic rings. The van der Waals surface area contributed by atoms with Gasteiger partial charge in [-0.25, -0.2) is 14.3 Å². The largest absolute Gasteiger partial charge is 0.465 e. The van der Waals surface area contributed by atoms with Crippen LogP contribution >= 0.6 is 0 Å². The van der Waals surface area contributed by atoms with Crippen LogP contribution in [0.15, 0.2) is 0 Å². The fourth-order valence-corrected chi connectivity index (χ4v) is 2.62.